The highest BCUT2D eigenvalue weighted by atomic mass is 32.2. The molecule has 1 aliphatic heterocycles. The van der Waals surface area contributed by atoms with Crippen molar-refractivity contribution in [2.45, 2.75) is 19.3 Å². The monoisotopic (exact) mass is 206 g/mol. The van der Waals surface area contributed by atoms with Gasteiger partial charge in [0.1, 0.15) is 0 Å². The average molecular weight is 206 g/mol. The van der Waals surface area contributed by atoms with E-state index in [0.29, 0.717) is 0 Å². The van der Waals surface area contributed by atoms with Crippen molar-refractivity contribution >= 4 is 12.0 Å². The van der Waals surface area contributed by atoms with Crippen LogP contribution in [0.15, 0.2) is 41.3 Å². The first-order valence-corrected chi connectivity index (χ1v) is 5.55. The van der Waals surface area contributed by atoms with Crippen LogP contribution in [0.25, 0.3) is 0 Å². The quantitative estimate of drug-likeness (QED) is 0.685. The number of rotatable bonds is 2. The fraction of sp³-hybridized carbons (Fsp3) is 0.333. The zero-order valence-electron chi connectivity index (χ0n) is 8.49. The first kappa shape index (κ1) is 9.81. The highest BCUT2D eigenvalue weighted by Crippen LogP contribution is 2.36. The lowest BCUT2D eigenvalue weighted by Crippen LogP contribution is -2.21. The van der Waals surface area contributed by atoms with Crippen LogP contribution in [-0.2, 0) is 9.60 Å². The summed E-state index contributed by atoms with van der Waals surface area (Å²) in [5.41, 5.74) is 2.79. The molecule has 0 saturated heterocycles. The van der Waals surface area contributed by atoms with E-state index in [1.54, 1.807) is 0 Å². The third-order valence-corrected chi connectivity index (χ3v) is 3.41. The van der Waals surface area contributed by atoms with Gasteiger partial charge in [-0.15, -0.1) is 0 Å². The number of benzene rings is 1. The molecule has 0 saturated carbocycles. The van der Waals surface area contributed by atoms with Gasteiger partial charge in [0.05, 0.1) is 6.61 Å². The zero-order chi connectivity index (χ0) is 10.0. The Morgan fingerprint density at radius 1 is 1.21 bits per heavy atom. The molecule has 0 aromatic heterocycles. The van der Waals surface area contributed by atoms with Crippen LogP contribution in [0.2, 0.25) is 0 Å². The predicted octanol–water partition coefficient (Wildman–Crippen LogP) is 3.53. The van der Waals surface area contributed by atoms with Crippen molar-refractivity contribution in [3.63, 3.8) is 0 Å². The van der Waals surface area contributed by atoms with Crippen molar-refractivity contribution in [1.82, 2.24) is 0 Å². The molecule has 1 nitrogen and oxygen atoms in total. The average Bonchev–Trinajstić information content (AvgIpc) is 2.72. The molecule has 0 bridgehead atoms. The van der Waals surface area contributed by atoms with E-state index < -0.39 is 0 Å². The van der Waals surface area contributed by atoms with Gasteiger partial charge in [0.25, 0.3) is 0 Å². The van der Waals surface area contributed by atoms with Gasteiger partial charge in [-0.1, -0.05) is 44.2 Å². The topological polar surface area (TPSA) is 9.23 Å². The Balaban J connectivity index is 2.32. The molecule has 1 aromatic rings. The Morgan fingerprint density at radius 3 is 2.50 bits per heavy atom. The summed E-state index contributed by atoms with van der Waals surface area (Å²) < 4.78 is 5.29. The van der Waals surface area contributed by atoms with Crippen molar-refractivity contribution in [2.24, 2.45) is 0 Å². The van der Waals surface area contributed by atoms with Crippen molar-refractivity contribution in [2.75, 3.05) is 6.61 Å². The molecule has 1 aromatic carbocycles. The van der Waals surface area contributed by atoms with Gasteiger partial charge in [0, 0.05) is 22.9 Å². The van der Waals surface area contributed by atoms with Gasteiger partial charge < -0.3 is 4.18 Å². The minimum absolute atomic E-state index is 0.0881. The van der Waals surface area contributed by atoms with Crippen LogP contribution in [0, 0.1) is 0 Å². The highest BCUT2D eigenvalue weighted by molar-refractivity contribution is 7.97. The molecule has 0 amide bonds. The minimum atomic E-state index is 0.0881. The standard InChI is InChI=1S/C12H14OS/c1-12(2,11-8-13-14-9-11)10-6-4-3-5-7-10/h3-7,9H,8H2,1-2H3. The molecule has 14 heavy (non-hydrogen) atoms. The van der Waals surface area contributed by atoms with Crippen LogP contribution < -0.4 is 0 Å². The van der Waals surface area contributed by atoms with Crippen LogP contribution >= 0.6 is 12.0 Å². The van der Waals surface area contributed by atoms with E-state index in [-0.39, 0.29) is 5.41 Å². The van der Waals surface area contributed by atoms with Crippen LogP contribution in [0.5, 0.6) is 0 Å². The molecule has 1 heterocycles. The Hall–Kier alpha value is -0.730. The van der Waals surface area contributed by atoms with E-state index in [1.807, 2.05) is 6.07 Å². The highest BCUT2D eigenvalue weighted by Gasteiger charge is 2.27. The summed E-state index contributed by atoms with van der Waals surface area (Å²) in [6, 6.07) is 10.6. The maximum absolute atomic E-state index is 5.29. The molecule has 2 rings (SSSR count). The molecule has 74 valence electrons. The molecule has 0 unspecified atom stereocenters. The Kier molecular flexibility index (Phi) is 2.66. The van der Waals surface area contributed by atoms with Crippen LogP contribution in [0.1, 0.15) is 19.4 Å². The van der Waals surface area contributed by atoms with Crippen LogP contribution in [0.3, 0.4) is 0 Å². The van der Waals surface area contributed by atoms with Crippen LogP contribution in [0.4, 0.5) is 0 Å². The normalized spacial score (nSPS) is 16.9. The van der Waals surface area contributed by atoms with E-state index >= 15 is 0 Å². The van der Waals surface area contributed by atoms with Crippen LogP contribution in [-0.4, -0.2) is 6.61 Å². The van der Waals surface area contributed by atoms with Crippen molar-refractivity contribution in [3.05, 3.63) is 46.9 Å². The van der Waals surface area contributed by atoms with Gasteiger partial charge in [-0.25, -0.2) is 0 Å². The third kappa shape index (κ3) is 1.72. The summed E-state index contributed by atoms with van der Waals surface area (Å²) in [5, 5.41) is 2.12. The minimum Gasteiger partial charge on any atom is -0.306 e. The zero-order valence-corrected chi connectivity index (χ0v) is 9.30. The maximum atomic E-state index is 5.29. The summed E-state index contributed by atoms with van der Waals surface area (Å²) in [6.07, 6.45) is 0. The molecule has 0 atom stereocenters. The van der Waals surface area contributed by atoms with E-state index in [1.165, 1.54) is 23.2 Å². The molecular formula is C12H14OS. The molecule has 0 N–H and O–H groups in total. The molecule has 1 aliphatic rings. The fourth-order valence-electron chi connectivity index (χ4n) is 1.59. The Labute approximate surface area is 89.4 Å². The Morgan fingerprint density at radius 2 is 1.93 bits per heavy atom. The van der Waals surface area contributed by atoms with Gasteiger partial charge in [0.15, 0.2) is 0 Å². The lowest BCUT2D eigenvalue weighted by molar-refractivity contribution is 0.400. The van der Waals surface area contributed by atoms with Gasteiger partial charge >= 0.3 is 0 Å². The van der Waals surface area contributed by atoms with E-state index in [4.69, 9.17) is 4.18 Å². The van der Waals surface area contributed by atoms with Gasteiger partial charge in [-0.05, 0) is 11.1 Å². The van der Waals surface area contributed by atoms with Crippen molar-refractivity contribution < 1.29 is 4.18 Å². The number of hydrogen-bond acceptors (Lipinski definition) is 2. The van der Waals surface area contributed by atoms with E-state index in [0.717, 1.165) is 6.61 Å². The molecule has 2 heteroatoms. The molecule has 0 aliphatic carbocycles. The molecular weight excluding hydrogens is 192 g/mol. The lowest BCUT2D eigenvalue weighted by atomic mass is 9.79. The van der Waals surface area contributed by atoms with Crippen molar-refractivity contribution in [3.8, 4) is 0 Å². The second-order valence-corrected chi connectivity index (χ2v) is 4.66. The predicted molar refractivity (Wildman–Crippen MR) is 61.1 cm³/mol. The fourth-order valence-corrected chi connectivity index (χ4v) is 2.33. The Bertz CT molecular complexity index is 341. The summed E-state index contributed by atoms with van der Waals surface area (Å²) in [4.78, 5) is 0. The molecule has 0 fully saturated rings. The SMILES string of the molecule is CC(C)(C1=CSOC1)c1ccccc1. The van der Waals surface area contributed by atoms with E-state index in [2.05, 4.69) is 43.5 Å². The second kappa shape index (κ2) is 3.79. The summed E-state index contributed by atoms with van der Waals surface area (Å²) in [6.45, 7) is 5.22. The summed E-state index contributed by atoms with van der Waals surface area (Å²) in [5.74, 6) is 0. The second-order valence-electron chi connectivity index (χ2n) is 3.99. The lowest BCUT2D eigenvalue weighted by Gasteiger charge is -2.26. The number of hydrogen-bond donors (Lipinski definition) is 0. The first-order chi connectivity index (χ1) is 6.71. The largest absolute Gasteiger partial charge is 0.306 e. The molecule has 0 radical (unpaired) electrons. The van der Waals surface area contributed by atoms with Gasteiger partial charge in [-0.3, -0.25) is 0 Å². The smallest absolute Gasteiger partial charge is 0.0846 e. The van der Waals surface area contributed by atoms with Gasteiger partial charge in [-0.2, -0.15) is 0 Å². The third-order valence-electron chi connectivity index (χ3n) is 2.77. The summed E-state index contributed by atoms with van der Waals surface area (Å²) in [7, 11) is 0. The first-order valence-electron chi connectivity index (χ1n) is 4.74. The summed E-state index contributed by atoms with van der Waals surface area (Å²) >= 11 is 1.44. The van der Waals surface area contributed by atoms with Crippen molar-refractivity contribution in [1.29, 1.82) is 0 Å². The van der Waals surface area contributed by atoms with Gasteiger partial charge in [0.2, 0.25) is 0 Å². The molecule has 0 spiro atoms. The van der Waals surface area contributed by atoms with E-state index in [9.17, 15) is 0 Å². The maximum Gasteiger partial charge on any atom is 0.0846 e.